The lowest BCUT2D eigenvalue weighted by molar-refractivity contribution is -0.145. The van der Waals surface area contributed by atoms with Crippen molar-refractivity contribution in [3.8, 4) is 0 Å². The van der Waals surface area contributed by atoms with Crippen LogP contribution in [0.15, 0.2) is 0 Å². The van der Waals surface area contributed by atoms with E-state index in [0.29, 0.717) is 0 Å². The normalized spacial score (nSPS) is 12.4. The van der Waals surface area contributed by atoms with Gasteiger partial charge in [-0.05, 0) is 34.1 Å². The molecule has 0 aliphatic rings. The molecule has 0 aliphatic carbocycles. The maximum absolute atomic E-state index is 11.7. The maximum Gasteiger partial charge on any atom is 0.408 e. The zero-order chi connectivity index (χ0) is 15.8. The van der Waals surface area contributed by atoms with Gasteiger partial charge in [0.2, 0.25) is 0 Å². The van der Waals surface area contributed by atoms with Gasteiger partial charge in [0.1, 0.15) is 17.4 Å². The van der Waals surface area contributed by atoms with Gasteiger partial charge in [0.05, 0.1) is 12.5 Å². The predicted octanol–water partition coefficient (Wildman–Crippen LogP) is 2.03. The van der Waals surface area contributed by atoms with Gasteiger partial charge < -0.3 is 14.8 Å². The molecule has 0 aromatic rings. The zero-order valence-electron chi connectivity index (χ0n) is 12.3. The summed E-state index contributed by atoms with van der Waals surface area (Å²) >= 11 is 5.39. The van der Waals surface area contributed by atoms with Crippen LogP contribution in [0.3, 0.4) is 0 Å². The van der Waals surface area contributed by atoms with Crippen LogP contribution < -0.4 is 5.32 Å². The lowest BCUT2D eigenvalue weighted by Gasteiger charge is -2.22. The molecule has 6 nitrogen and oxygen atoms in total. The Morgan fingerprint density at radius 1 is 1.25 bits per heavy atom. The minimum Gasteiger partial charge on any atom is -0.464 e. The minimum atomic E-state index is -0.919. The number of hydrogen-bond donors (Lipinski definition) is 1. The summed E-state index contributed by atoms with van der Waals surface area (Å²) < 4.78 is 9.91. The van der Waals surface area contributed by atoms with E-state index in [1.807, 2.05) is 0 Å². The molecule has 1 amide bonds. The largest absolute Gasteiger partial charge is 0.464 e. The fourth-order valence-electron chi connectivity index (χ4n) is 1.31. The molecule has 0 aromatic carbocycles. The summed E-state index contributed by atoms with van der Waals surface area (Å²) in [5, 5.41) is 2.41. The van der Waals surface area contributed by atoms with Gasteiger partial charge in [-0.25, -0.2) is 9.59 Å². The lowest BCUT2D eigenvalue weighted by atomic mass is 10.1. The number of alkyl carbamates (subject to hydrolysis) is 1. The Hall–Kier alpha value is -1.30. The molecule has 116 valence electrons. The Morgan fingerprint density at radius 3 is 2.30 bits per heavy atom. The predicted molar refractivity (Wildman–Crippen MR) is 74.8 cm³/mol. The van der Waals surface area contributed by atoms with Gasteiger partial charge in [-0.1, -0.05) is 0 Å². The van der Waals surface area contributed by atoms with E-state index in [0.717, 1.165) is 0 Å². The third-order valence-corrected chi connectivity index (χ3v) is 2.42. The van der Waals surface area contributed by atoms with Gasteiger partial charge >= 0.3 is 12.1 Å². The highest BCUT2D eigenvalue weighted by atomic mass is 35.5. The molecule has 0 rings (SSSR count). The van der Waals surface area contributed by atoms with E-state index in [4.69, 9.17) is 21.1 Å². The van der Waals surface area contributed by atoms with Crippen molar-refractivity contribution in [1.29, 1.82) is 0 Å². The van der Waals surface area contributed by atoms with Crippen molar-refractivity contribution in [2.45, 2.75) is 52.2 Å². The highest BCUT2D eigenvalue weighted by Crippen LogP contribution is 2.08. The van der Waals surface area contributed by atoms with Gasteiger partial charge in [0.25, 0.3) is 0 Å². The zero-order valence-corrected chi connectivity index (χ0v) is 13.1. The molecule has 0 spiro atoms. The molecule has 0 heterocycles. The fourth-order valence-corrected chi connectivity index (χ4v) is 1.45. The van der Waals surface area contributed by atoms with Crippen molar-refractivity contribution in [3.05, 3.63) is 0 Å². The Morgan fingerprint density at radius 2 is 1.85 bits per heavy atom. The van der Waals surface area contributed by atoms with Crippen LogP contribution in [0.4, 0.5) is 4.79 Å². The van der Waals surface area contributed by atoms with E-state index in [9.17, 15) is 14.4 Å². The second-order valence-electron chi connectivity index (χ2n) is 5.16. The van der Waals surface area contributed by atoms with E-state index in [2.05, 4.69) is 5.32 Å². The molecule has 0 saturated carbocycles. The second kappa shape index (κ2) is 8.79. The Kier molecular flexibility index (Phi) is 8.22. The first-order valence-electron chi connectivity index (χ1n) is 6.43. The summed E-state index contributed by atoms with van der Waals surface area (Å²) in [7, 11) is 0. The maximum atomic E-state index is 11.7. The molecule has 0 bridgehead atoms. The van der Waals surface area contributed by atoms with Crippen LogP contribution in [-0.4, -0.2) is 42.0 Å². The molecular weight excluding hydrogens is 286 g/mol. The van der Waals surface area contributed by atoms with Gasteiger partial charge in [0, 0.05) is 6.42 Å². The van der Waals surface area contributed by atoms with Crippen molar-refractivity contribution in [2.75, 3.05) is 12.5 Å². The molecular formula is C13H22ClNO5. The molecule has 0 fully saturated rings. The Bertz CT molecular complexity index is 351. The third kappa shape index (κ3) is 8.74. The number of rotatable bonds is 7. The standard InChI is InChI=1S/C13H22ClNO5/c1-5-19-11(17)10(7-6-9(16)8-14)15-12(18)20-13(2,3)4/h10H,5-8H2,1-4H3,(H,15,18)/t10-/m0/s1. The van der Waals surface area contributed by atoms with E-state index in [1.54, 1.807) is 27.7 Å². The summed E-state index contributed by atoms with van der Waals surface area (Å²) in [6, 6.07) is -0.919. The Balaban J connectivity index is 4.56. The summed E-state index contributed by atoms with van der Waals surface area (Å²) in [5.41, 5.74) is -0.671. The molecule has 0 aromatic heterocycles. The molecule has 7 heteroatoms. The number of Topliss-reactive ketones (excluding diaryl/α,β-unsaturated/α-hetero) is 1. The summed E-state index contributed by atoms with van der Waals surface area (Å²) in [5.74, 6) is -0.921. The number of ketones is 1. The number of carbonyl (C=O) groups excluding carboxylic acids is 3. The monoisotopic (exact) mass is 307 g/mol. The summed E-state index contributed by atoms with van der Waals surface area (Å²) in [6.07, 6.45) is -0.513. The number of halogens is 1. The number of nitrogens with one attached hydrogen (secondary N) is 1. The topological polar surface area (TPSA) is 81.7 Å². The number of ether oxygens (including phenoxy) is 2. The summed E-state index contributed by atoms with van der Waals surface area (Å²) in [4.78, 5) is 34.5. The van der Waals surface area contributed by atoms with Gasteiger partial charge in [0.15, 0.2) is 0 Å². The fraction of sp³-hybridized carbons (Fsp3) is 0.769. The van der Waals surface area contributed by atoms with Crippen LogP contribution in [0, 0.1) is 0 Å². The van der Waals surface area contributed by atoms with Gasteiger partial charge in [-0.2, -0.15) is 0 Å². The first kappa shape index (κ1) is 18.7. The summed E-state index contributed by atoms with van der Waals surface area (Å²) in [6.45, 7) is 6.98. The highest BCUT2D eigenvalue weighted by molar-refractivity contribution is 6.27. The van der Waals surface area contributed by atoms with Gasteiger partial charge in [-0.3, -0.25) is 4.79 Å². The van der Waals surface area contributed by atoms with E-state index in [-0.39, 0.29) is 31.1 Å². The third-order valence-electron chi connectivity index (χ3n) is 2.12. The molecule has 1 N–H and O–H groups in total. The number of alkyl halides is 1. The van der Waals surface area contributed by atoms with Crippen LogP contribution in [0.1, 0.15) is 40.5 Å². The van der Waals surface area contributed by atoms with Crippen LogP contribution in [0.5, 0.6) is 0 Å². The van der Waals surface area contributed by atoms with Crippen LogP contribution in [0.25, 0.3) is 0 Å². The number of carbonyl (C=O) groups is 3. The van der Waals surface area contributed by atoms with Crippen LogP contribution >= 0.6 is 11.6 Å². The molecule has 20 heavy (non-hydrogen) atoms. The van der Waals surface area contributed by atoms with Gasteiger partial charge in [-0.15, -0.1) is 11.6 Å². The number of hydrogen-bond acceptors (Lipinski definition) is 5. The minimum absolute atomic E-state index is 0.0861. The van der Waals surface area contributed by atoms with Crippen molar-refractivity contribution < 1.29 is 23.9 Å². The molecule has 0 aliphatic heterocycles. The van der Waals surface area contributed by atoms with Crippen LogP contribution in [0.2, 0.25) is 0 Å². The van der Waals surface area contributed by atoms with Crippen molar-refractivity contribution in [2.24, 2.45) is 0 Å². The molecule has 0 radical (unpaired) electrons. The first-order chi connectivity index (χ1) is 9.19. The molecule has 0 saturated heterocycles. The SMILES string of the molecule is CCOC(=O)[C@H](CCC(=O)CCl)NC(=O)OC(C)(C)C. The highest BCUT2D eigenvalue weighted by Gasteiger charge is 2.25. The average Bonchev–Trinajstić information content (AvgIpc) is 2.31. The Labute approximate surface area is 124 Å². The van der Waals surface area contributed by atoms with Crippen molar-refractivity contribution in [1.82, 2.24) is 5.32 Å². The quantitative estimate of drug-likeness (QED) is 0.575. The number of amides is 1. The van der Waals surface area contributed by atoms with Crippen molar-refractivity contribution in [3.63, 3.8) is 0 Å². The van der Waals surface area contributed by atoms with E-state index in [1.165, 1.54) is 0 Å². The van der Waals surface area contributed by atoms with E-state index >= 15 is 0 Å². The van der Waals surface area contributed by atoms with Crippen LogP contribution in [-0.2, 0) is 19.1 Å². The van der Waals surface area contributed by atoms with Crippen molar-refractivity contribution >= 4 is 29.4 Å². The second-order valence-corrected chi connectivity index (χ2v) is 5.43. The smallest absolute Gasteiger partial charge is 0.408 e. The average molecular weight is 308 g/mol. The lowest BCUT2D eigenvalue weighted by Crippen LogP contribution is -2.44. The first-order valence-corrected chi connectivity index (χ1v) is 6.97. The number of esters is 1. The molecule has 0 unspecified atom stereocenters. The molecule has 1 atom stereocenters. The van der Waals surface area contributed by atoms with E-state index < -0.39 is 23.7 Å².